The van der Waals surface area contributed by atoms with Crippen LogP contribution in [0.4, 0.5) is 0 Å². The number of carbonyl (C=O) groups is 1. The number of carboxylic acids is 1. The van der Waals surface area contributed by atoms with Crippen molar-refractivity contribution in [2.24, 2.45) is 0 Å². The summed E-state index contributed by atoms with van der Waals surface area (Å²) in [5.41, 5.74) is 2.35. The predicted octanol–water partition coefficient (Wildman–Crippen LogP) is 3.73. The molecule has 1 heterocycles. The molecule has 0 spiro atoms. The van der Waals surface area contributed by atoms with Crippen LogP contribution >= 0.6 is 23.2 Å². The number of hydrogen-bond acceptors (Lipinski definition) is 3. The van der Waals surface area contributed by atoms with Crippen LogP contribution in [0, 0.1) is 6.92 Å². The van der Waals surface area contributed by atoms with Crippen molar-refractivity contribution in [3.63, 3.8) is 0 Å². The van der Waals surface area contributed by atoms with Gasteiger partial charge in [0.15, 0.2) is 0 Å². The number of halogens is 2. The van der Waals surface area contributed by atoms with Crippen molar-refractivity contribution in [3.05, 3.63) is 51.5 Å². The molecule has 0 aliphatic carbocycles. The third kappa shape index (κ3) is 2.24. The van der Waals surface area contributed by atoms with Gasteiger partial charge in [-0.25, -0.2) is 9.48 Å². The van der Waals surface area contributed by atoms with Crippen molar-refractivity contribution >= 4 is 40.2 Å². The Hall–Kier alpha value is -2.11. The summed E-state index contributed by atoms with van der Waals surface area (Å²) in [6, 6.07) is 8.25. The normalized spacial score (nSPS) is 11.0. The smallest absolute Gasteiger partial charge is 0.338 e. The van der Waals surface area contributed by atoms with Crippen LogP contribution in [0.2, 0.25) is 10.0 Å². The van der Waals surface area contributed by atoms with Crippen molar-refractivity contribution < 1.29 is 9.90 Å². The van der Waals surface area contributed by atoms with Crippen LogP contribution in [-0.2, 0) is 0 Å². The zero-order valence-electron chi connectivity index (χ0n) is 10.8. The van der Waals surface area contributed by atoms with Gasteiger partial charge in [0.2, 0.25) is 0 Å². The molecular weight excluding hydrogens is 313 g/mol. The summed E-state index contributed by atoms with van der Waals surface area (Å²) >= 11 is 12.4. The standard InChI is InChI=1S/C14H9Cl2N3O2/c1-7-5-10(16)12(6-9(7)15)19-11-4-2-3-8(14(20)21)13(11)17-18-19/h2-6H,1H3,(H,20,21). The zero-order chi connectivity index (χ0) is 15.1. The fourth-order valence-corrected chi connectivity index (χ4v) is 2.55. The number of benzene rings is 2. The van der Waals surface area contributed by atoms with E-state index in [0.717, 1.165) is 5.56 Å². The van der Waals surface area contributed by atoms with Crippen molar-refractivity contribution in [2.75, 3.05) is 0 Å². The Kier molecular flexibility index (Phi) is 3.31. The van der Waals surface area contributed by atoms with E-state index in [1.54, 1.807) is 24.3 Å². The zero-order valence-corrected chi connectivity index (χ0v) is 12.4. The number of fused-ring (bicyclic) bond motifs is 1. The highest BCUT2D eigenvalue weighted by atomic mass is 35.5. The molecule has 7 heteroatoms. The van der Waals surface area contributed by atoms with E-state index in [4.69, 9.17) is 23.2 Å². The van der Waals surface area contributed by atoms with Gasteiger partial charge in [-0.2, -0.15) is 0 Å². The molecule has 0 amide bonds. The molecule has 0 saturated heterocycles. The average molecular weight is 322 g/mol. The number of rotatable bonds is 2. The molecule has 1 N–H and O–H groups in total. The maximum atomic E-state index is 11.2. The molecule has 0 aliphatic rings. The van der Waals surface area contributed by atoms with Crippen LogP contribution in [-0.4, -0.2) is 26.1 Å². The Labute approximate surface area is 129 Å². The maximum Gasteiger partial charge on any atom is 0.338 e. The van der Waals surface area contributed by atoms with E-state index in [-0.39, 0.29) is 5.56 Å². The molecule has 106 valence electrons. The monoisotopic (exact) mass is 321 g/mol. The van der Waals surface area contributed by atoms with E-state index in [1.807, 2.05) is 6.92 Å². The fourth-order valence-electron chi connectivity index (χ4n) is 2.09. The van der Waals surface area contributed by atoms with Crippen LogP contribution in [0.3, 0.4) is 0 Å². The highest BCUT2D eigenvalue weighted by Gasteiger charge is 2.16. The highest BCUT2D eigenvalue weighted by molar-refractivity contribution is 6.35. The summed E-state index contributed by atoms with van der Waals surface area (Å²) in [4.78, 5) is 11.2. The van der Waals surface area contributed by atoms with E-state index in [1.165, 1.54) is 10.7 Å². The summed E-state index contributed by atoms with van der Waals surface area (Å²) in [5.74, 6) is -1.05. The molecular formula is C14H9Cl2N3O2. The lowest BCUT2D eigenvalue weighted by atomic mass is 10.2. The second-order valence-corrected chi connectivity index (χ2v) is 5.35. The molecule has 0 radical (unpaired) electrons. The van der Waals surface area contributed by atoms with Gasteiger partial charge < -0.3 is 5.11 Å². The van der Waals surface area contributed by atoms with Crippen molar-refractivity contribution in [1.82, 2.24) is 15.0 Å². The Balaban J connectivity index is 2.30. The summed E-state index contributed by atoms with van der Waals surface area (Å²) in [6.07, 6.45) is 0. The van der Waals surface area contributed by atoms with Gasteiger partial charge in [-0.15, -0.1) is 5.10 Å². The van der Waals surface area contributed by atoms with Crippen molar-refractivity contribution in [2.45, 2.75) is 6.92 Å². The Morgan fingerprint density at radius 3 is 2.71 bits per heavy atom. The second kappa shape index (κ2) is 5.02. The second-order valence-electron chi connectivity index (χ2n) is 4.53. The van der Waals surface area contributed by atoms with Gasteiger partial charge in [-0.1, -0.05) is 34.5 Å². The number of nitrogens with zero attached hydrogens (tertiary/aromatic N) is 3. The van der Waals surface area contributed by atoms with Crippen molar-refractivity contribution in [1.29, 1.82) is 0 Å². The van der Waals surface area contributed by atoms with Gasteiger partial charge >= 0.3 is 5.97 Å². The van der Waals surface area contributed by atoms with E-state index in [0.29, 0.717) is 26.8 Å². The summed E-state index contributed by atoms with van der Waals surface area (Å²) in [5, 5.41) is 18.1. The van der Waals surface area contributed by atoms with Crippen LogP contribution < -0.4 is 0 Å². The van der Waals surface area contributed by atoms with Crippen LogP contribution in [0.1, 0.15) is 15.9 Å². The number of aromatic carboxylic acids is 1. The first-order valence-electron chi connectivity index (χ1n) is 6.03. The molecule has 2 aromatic carbocycles. The molecule has 0 bridgehead atoms. The molecule has 0 aliphatic heterocycles. The molecule has 0 atom stereocenters. The lowest BCUT2D eigenvalue weighted by Gasteiger charge is -2.07. The van der Waals surface area contributed by atoms with Gasteiger partial charge in [-0.3, -0.25) is 0 Å². The fraction of sp³-hybridized carbons (Fsp3) is 0.0714. The van der Waals surface area contributed by atoms with Gasteiger partial charge in [0.05, 0.1) is 21.8 Å². The number of aromatic nitrogens is 3. The average Bonchev–Trinajstić information content (AvgIpc) is 2.86. The third-order valence-corrected chi connectivity index (χ3v) is 3.87. The van der Waals surface area contributed by atoms with E-state index >= 15 is 0 Å². The Morgan fingerprint density at radius 1 is 1.24 bits per heavy atom. The molecule has 0 fully saturated rings. The molecule has 0 saturated carbocycles. The molecule has 3 aromatic rings. The topological polar surface area (TPSA) is 68.0 Å². The first-order valence-corrected chi connectivity index (χ1v) is 6.78. The molecule has 0 unspecified atom stereocenters. The van der Waals surface area contributed by atoms with E-state index in [2.05, 4.69) is 10.3 Å². The third-order valence-electron chi connectivity index (χ3n) is 3.16. The van der Waals surface area contributed by atoms with Crippen LogP contribution in [0.5, 0.6) is 0 Å². The summed E-state index contributed by atoms with van der Waals surface area (Å²) in [7, 11) is 0. The van der Waals surface area contributed by atoms with Crippen LogP contribution in [0.25, 0.3) is 16.7 Å². The Bertz CT molecular complexity index is 874. The lowest BCUT2D eigenvalue weighted by Crippen LogP contribution is -1.99. The predicted molar refractivity (Wildman–Crippen MR) is 80.6 cm³/mol. The molecule has 3 rings (SSSR count). The van der Waals surface area contributed by atoms with E-state index in [9.17, 15) is 9.90 Å². The number of aryl methyl sites for hydroxylation is 1. The lowest BCUT2D eigenvalue weighted by molar-refractivity contribution is 0.0699. The molecule has 5 nitrogen and oxygen atoms in total. The highest BCUT2D eigenvalue weighted by Crippen LogP contribution is 2.29. The summed E-state index contributed by atoms with van der Waals surface area (Å²) in [6.45, 7) is 1.85. The van der Waals surface area contributed by atoms with Crippen molar-refractivity contribution in [3.8, 4) is 5.69 Å². The first-order chi connectivity index (χ1) is 9.99. The molecule has 21 heavy (non-hydrogen) atoms. The maximum absolute atomic E-state index is 11.2. The Morgan fingerprint density at radius 2 is 2.00 bits per heavy atom. The minimum Gasteiger partial charge on any atom is -0.478 e. The number of carboxylic acid groups (broad SMARTS) is 1. The first kappa shape index (κ1) is 13.9. The van der Waals surface area contributed by atoms with Gasteiger partial charge in [-0.05, 0) is 36.8 Å². The molecule has 1 aromatic heterocycles. The minimum atomic E-state index is -1.05. The van der Waals surface area contributed by atoms with Gasteiger partial charge in [0.1, 0.15) is 5.52 Å². The SMILES string of the molecule is Cc1cc(Cl)c(-n2nnc3c(C(=O)O)cccc32)cc1Cl. The van der Waals surface area contributed by atoms with E-state index < -0.39 is 5.97 Å². The van der Waals surface area contributed by atoms with Gasteiger partial charge in [0.25, 0.3) is 0 Å². The summed E-state index contributed by atoms with van der Waals surface area (Å²) < 4.78 is 1.48. The number of hydrogen-bond donors (Lipinski definition) is 1. The quantitative estimate of drug-likeness (QED) is 0.780. The van der Waals surface area contributed by atoms with Crippen LogP contribution in [0.15, 0.2) is 30.3 Å². The van der Waals surface area contributed by atoms with Gasteiger partial charge in [0, 0.05) is 5.02 Å². The largest absolute Gasteiger partial charge is 0.478 e. The minimum absolute atomic E-state index is 0.0908.